The fourth-order valence-electron chi connectivity index (χ4n) is 13.5. The van der Waals surface area contributed by atoms with E-state index in [0.29, 0.717) is 38.5 Å². The van der Waals surface area contributed by atoms with Gasteiger partial charge in [0.2, 0.25) is 11.8 Å². The fraction of sp³-hybridized carbons (Fsp3) is 0.897. The van der Waals surface area contributed by atoms with Crippen LogP contribution >= 0.6 is 15.6 Å². The molecule has 0 radical (unpaired) electrons. The Balaban J connectivity index is 6.22. The Labute approximate surface area is 662 Å². The van der Waals surface area contributed by atoms with Crippen LogP contribution in [0.25, 0.3) is 0 Å². The van der Waals surface area contributed by atoms with Gasteiger partial charge in [-0.2, -0.15) is 0 Å². The van der Waals surface area contributed by atoms with Crippen LogP contribution in [-0.4, -0.2) is 107 Å². The summed E-state index contributed by atoms with van der Waals surface area (Å²) in [5.74, 6) is -0.830. The van der Waals surface area contributed by atoms with Crippen molar-refractivity contribution in [1.82, 2.24) is 21.3 Å². The van der Waals surface area contributed by atoms with E-state index in [4.69, 9.17) is 36.6 Å². The summed E-state index contributed by atoms with van der Waals surface area (Å²) in [6, 6.07) is -1.88. The molecule has 0 aliphatic carbocycles. The number of hydrogen-bond donors (Lipinski definition) is 4. The molecule has 4 amide bonds. The maximum atomic E-state index is 14.2. The number of carbonyl (C=O) groups excluding carboxylic acids is 5. The van der Waals surface area contributed by atoms with Gasteiger partial charge in [0.1, 0.15) is 12.2 Å². The largest absolute Gasteiger partial charge is 0.475 e. The summed E-state index contributed by atoms with van der Waals surface area (Å²) in [6.45, 7) is 19.4. The van der Waals surface area contributed by atoms with Crippen molar-refractivity contribution in [3.63, 3.8) is 0 Å². The first-order valence-corrected chi connectivity index (χ1v) is 47.9. The van der Waals surface area contributed by atoms with E-state index in [1.165, 1.54) is 192 Å². The topological polar surface area (TPSA) is 241 Å². The lowest BCUT2D eigenvalue weighted by atomic mass is 9.99. The molecule has 0 fully saturated rings. The Hall–Kier alpha value is -3.15. The van der Waals surface area contributed by atoms with E-state index >= 15 is 0 Å². The Morgan fingerprint density at radius 2 is 0.528 bits per heavy atom. The van der Waals surface area contributed by atoms with Crippen LogP contribution in [0.1, 0.15) is 427 Å². The second kappa shape index (κ2) is 79.1. The average molecular weight is 1570 g/mol. The van der Waals surface area contributed by atoms with Crippen LogP contribution in [0.3, 0.4) is 0 Å². The van der Waals surface area contributed by atoms with Crippen molar-refractivity contribution in [1.29, 1.82) is 0 Å². The number of nitrogens with one attached hydrogen (secondary N) is 4. The molecule has 0 aliphatic rings. The maximum Gasteiger partial charge on any atom is 0.475 e. The predicted molar refractivity (Wildman–Crippen MR) is 447 cm³/mol. The summed E-state index contributed by atoms with van der Waals surface area (Å²) in [5, 5.41) is 11.8. The lowest BCUT2D eigenvalue weighted by Gasteiger charge is -2.29. The van der Waals surface area contributed by atoms with E-state index in [1.807, 2.05) is 0 Å². The highest BCUT2D eigenvalue weighted by Crippen LogP contribution is 2.50. The Bertz CT molecular complexity index is 2050. The van der Waals surface area contributed by atoms with Crippen LogP contribution < -0.4 is 21.3 Å². The molecule has 0 spiro atoms. The molecule has 6 atom stereocenters. The summed E-state index contributed by atoms with van der Waals surface area (Å²) >= 11 is 0. The number of urea groups is 1. The number of carbonyl (C=O) groups is 5. The number of unbranched alkanes of at least 4 members (excludes halogenated alkanes) is 46. The Morgan fingerprint density at radius 1 is 0.296 bits per heavy atom. The van der Waals surface area contributed by atoms with E-state index in [2.05, 4.69) is 76.0 Å². The SMILES string of the molecule is C=CCOP(=O)(OCCNC(=O)NCCOP(=O)(OCC=C)OCC[C@H](NC(=O)CCCCCCCCCCCC)C(CCCCCCCCCC)OC(=O)CCCCCCCCCC)OCC[C@H](NC(=O)CCCCCCCCCCCC)C(CCCCCCCCCC)OC(=O)CCCCCCCCCC. The van der Waals surface area contributed by atoms with Gasteiger partial charge < -0.3 is 30.7 Å². The third kappa shape index (κ3) is 68.4. The van der Waals surface area contributed by atoms with Crippen molar-refractivity contribution in [3.05, 3.63) is 25.3 Å². The second-order valence-corrected chi connectivity index (χ2v) is 33.7. The van der Waals surface area contributed by atoms with Crippen molar-refractivity contribution in [2.24, 2.45) is 0 Å². The van der Waals surface area contributed by atoms with Gasteiger partial charge in [0.25, 0.3) is 0 Å². The van der Waals surface area contributed by atoms with Crippen LogP contribution in [-0.2, 0) is 64.9 Å². The van der Waals surface area contributed by atoms with Crippen molar-refractivity contribution in [2.45, 2.75) is 451 Å². The standard InChI is InChI=1S/C87H168N4O15P2/c1-9-17-23-29-35-41-43-47-53-59-65-83(92)90-79(81(63-57-51-45-37-31-25-19-11-3)105-85(94)67-61-55-49-39-33-27-21-13-5)69-75-101-107(97,99-73-15-7)103-77-71-88-87(96)89-72-78-104-108(98,100-74-16-8)102-76-70-80(91-84(93)66-60-54-48-44-42-36-30-24-18-10-2)82(64-58-52-46-38-32-26-20-12-4)106-86(95)68-62-56-50-40-34-28-22-14-6/h15-16,79-82H,7-14,17-78H2,1-6H3,(H,90,92)(H,91,93)(H2,88,89,96)/t79-,80-,81?,82?,107?,108?/m0/s1. The zero-order valence-corrected chi connectivity index (χ0v) is 72.3. The van der Waals surface area contributed by atoms with Crippen LogP contribution in [0.4, 0.5) is 4.79 Å². The molecule has 0 aromatic rings. The molecule has 0 heterocycles. The van der Waals surface area contributed by atoms with E-state index < -0.39 is 46.0 Å². The summed E-state index contributed by atoms with van der Waals surface area (Å²) in [4.78, 5) is 68.1. The lowest BCUT2D eigenvalue weighted by molar-refractivity contribution is -0.153. The fourth-order valence-corrected chi connectivity index (χ4v) is 15.8. The molecule has 0 rings (SSSR count). The third-order valence-electron chi connectivity index (χ3n) is 20.2. The zero-order chi connectivity index (χ0) is 79.2. The highest BCUT2D eigenvalue weighted by molar-refractivity contribution is 7.48. The maximum absolute atomic E-state index is 14.2. The quantitative estimate of drug-likeness (QED) is 0.0192. The van der Waals surface area contributed by atoms with Gasteiger partial charge in [-0.15, -0.1) is 13.2 Å². The monoisotopic (exact) mass is 1570 g/mol. The van der Waals surface area contributed by atoms with Crippen molar-refractivity contribution >= 4 is 45.4 Å². The van der Waals surface area contributed by atoms with Gasteiger partial charge in [0, 0.05) is 38.8 Å². The van der Waals surface area contributed by atoms with Crippen LogP contribution in [0.2, 0.25) is 0 Å². The van der Waals surface area contributed by atoms with Gasteiger partial charge in [0.05, 0.1) is 51.7 Å². The molecule has 0 saturated heterocycles. The van der Waals surface area contributed by atoms with Gasteiger partial charge in [-0.05, 0) is 64.2 Å². The minimum absolute atomic E-state index is 0.111. The number of amides is 4. The van der Waals surface area contributed by atoms with Crippen molar-refractivity contribution < 1.29 is 69.7 Å². The molecule has 636 valence electrons. The predicted octanol–water partition coefficient (Wildman–Crippen LogP) is 25.3. The number of esters is 2. The zero-order valence-electron chi connectivity index (χ0n) is 70.5. The molecule has 0 saturated carbocycles. The molecule has 0 aliphatic heterocycles. The minimum atomic E-state index is -4.27. The van der Waals surface area contributed by atoms with Crippen molar-refractivity contribution in [2.75, 3.05) is 52.7 Å². The molecule has 0 bridgehead atoms. The number of hydrogen-bond acceptors (Lipinski definition) is 15. The van der Waals surface area contributed by atoms with E-state index in [-0.39, 0.29) is 89.3 Å². The molecule has 0 aromatic heterocycles. The minimum Gasteiger partial charge on any atom is -0.460 e. The van der Waals surface area contributed by atoms with Gasteiger partial charge in [-0.1, -0.05) is 349 Å². The van der Waals surface area contributed by atoms with Gasteiger partial charge in [-0.25, -0.2) is 13.9 Å². The van der Waals surface area contributed by atoms with Crippen molar-refractivity contribution in [3.8, 4) is 0 Å². The highest BCUT2D eigenvalue weighted by Gasteiger charge is 2.33. The molecule has 4 unspecified atom stereocenters. The van der Waals surface area contributed by atoms with Gasteiger partial charge in [-0.3, -0.25) is 46.3 Å². The Kier molecular flexibility index (Phi) is 76.8. The van der Waals surface area contributed by atoms with E-state index in [9.17, 15) is 33.1 Å². The molecular weight excluding hydrogens is 1400 g/mol. The third-order valence-corrected chi connectivity index (χ3v) is 23.1. The average Bonchev–Trinajstić information content (AvgIpc) is 0.880. The second-order valence-electron chi connectivity index (χ2n) is 30.4. The first kappa shape index (κ1) is 105. The van der Waals surface area contributed by atoms with E-state index in [0.717, 1.165) is 154 Å². The molecule has 19 nitrogen and oxygen atoms in total. The lowest BCUT2D eigenvalue weighted by Crippen LogP contribution is -2.46. The summed E-state index contributed by atoms with van der Waals surface area (Å²) in [7, 11) is -8.55. The van der Waals surface area contributed by atoms with Gasteiger partial charge in [0.15, 0.2) is 0 Å². The summed E-state index contributed by atoms with van der Waals surface area (Å²) in [6.07, 6.45) is 62.6. The first-order chi connectivity index (χ1) is 52.7. The van der Waals surface area contributed by atoms with E-state index in [1.54, 1.807) is 0 Å². The molecule has 21 heteroatoms. The van der Waals surface area contributed by atoms with Crippen LogP contribution in [0, 0.1) is 0 Å². The Morgan fingerprint density at radius 3 is 0.787 bits per heavy atom. The summed E-state index contributed by atoms with van der Waals surface area (Å²) in [5.41, 5.74) is 0. The number of ether oxygens (including phenoxy) is 2. The number of phosphoric acid groups is 2. The molecule has 0 aromatic carbocycles. The van der Waals surface area contributed by atoms with Gasteiger partial charge >= 0.3 is 33.6 Å². The van der Waals surface area contributed by atoms with Crippen LogP contribution in [0.15, 0.2) is 25.3 Å². The highest BCUT2D eigenvalue weighted by atomic mass is 31.2. The number of phosphoric ester groups is 2. The smallest absolute Gasteiger partial charge is 0.460 e. The molecular formula is C87H168N4O15P2. The summed E-state index contributed by atoms with van der Waals surface area (Å²) < 4.78 is 75.7. The molecule has 4 N–H and O–H groups in total. The van der Waals surface area contributed by atoms with Crippen LogP contribution in [0.5, 0.6) is 0 Å². The number of rotatable bonds is 86. The molecule has 108 heavy (non-hydrogen) atoms. The normalized spacial score (nSPS) is 13.8. The first-order valence-electron chi connectivity index (χ1n) is 45.0.